The van der Waals surface area contributed by atoms with Gasteiger partial charge < -0.3 is 5.32 Å². The smallest absolute Gasteiger partial charge is 0.300 e. The van der Waals surface area contributed by atoms with Gasteiger partial charge in [-0.05, 0) is 36.4 Å². The Hall–Kier alpha value is -2.24. The number of hydrogen-bond donors (Lipinski definition) is 1. The van der Waals surface area contributed by atoms with E-state index in [2.05, 4.69) is 17.2 Å². The third-order valence-electron chi connectivity index (χ3n) is 2.20. The van der Waals surface area contributed by atoms with Crippen molar-refractivity contribution in [3.05, 3.63) is 65.2 Å². The van der Waals surface area contributed by atoms with Crippen LogP contribution in [0.1, 0.15) is 5.56 Å². The number of amides is 1. The molecule has 2 rings (SSSR count). The third kappa shape index (κ3) is 3.65. The summed E-state index contributed by atoms with van der Waals surface area (Å²) >= 11 is 5.75. The van der Waals surface area contributed by atoms with Gasteiger partial charge >= 0.3 is 5.91 Å². The molecule has 2 aromatic carbocycles. The Balaban J connectivity index is 2.02. The summed E-state index contributed by atoms with van der Waals surface area (Å²) in [6, 6.07) is 16.2. The first-order valence-corrected chi connectivity index (χ1v) is 5.75. The first kappa shape index (κ1) is 12.2. The number of para-hydroxylation sites is 1. The van der Waals surface area contributed by atoms with E-state index in [9.17, 15) is 4.79 Å². The maximum Gasteiger partial charge on any atom is 0.300 e. The molecular weight excluding hydrogens is 246 g/mol. The van der Waals surface area contributed by atoms with Crippen LogP contribution in [0.25, 0.3) is 0 Å². The maximum atomic E-state index is 11.5. The van der Waals surface area contributed by atoms with Gasteiger partial charge in [0.05, 0.1) is 0 Å². The number of carbonyl (C=O) groups is 1. The highest BCUT2D eigenvalue weighted by molar-refractivity contribution is 6.30. The predicted molar refractivity (Wildman–Crippen MR) is 73.4 cm³/mol. The number of carbonyl (C=O) groups excluding carboxylic acids is 1. The lowest BCUT2D eigenvalue weighted by atomic mass is 10.2. The van der Waals surface area contributed by atoms with Crippen LogP contribution in [0.15, 0.2) is 54.6 Å². The second-order valence-electron chi connectivity index (χ2n) is 3.58. The zero-order chi connectivity index (χ0) is 12.8. The van der Waals surface area contributed by atoms with Crippen LogP contribution in [-0.2, 0) is 4.79 Å². The Bertz CT molecular complexity index is 594. The van der Waals surface area contributed by atoms with Crippen LogP contribution in [-0.4, -0.2) is 5.91 Å². The first-order chi connectivity index (χ1) is 8.74. The van der Waals surface area contributed by atoms with Crippen LogP contribution in [0.5, 0.6) is 0 Å². The summed E-state index contributed by atoms with van der Waals surface area (Å²) in [4.78, 5) is 11.5. The summed E-state index contributed by atoms with van der Waals surface area (Å²) in [6.45, 7) is 0. The Morgan fingerprint density at radius 1 is 1.00 bits per heavy atom. The minimum atomic E-state index is -0.337. The SMILES string of the molecule is O=C(C#Cc1ccc(Cl)cc1)Nc1ccccc1. The molecule has 0 aliphatic rings. The predicted octanol–water partition coefficient (Wildman–Crippen LogP) is 3.33. The normalized spacial score (nSPS) is 9.17. The van der Waals surface area contributed by atoms with E-state index in [4.69, 9.17) is 11.6 Å². The summed E-state index contributed by atoms with van der Waals surface area (Å²) in [5.41, 5.74) is 1.48. The van der Waals surface area contributed by atoms with Gasteiger partial charge in [0.25, 0.3) is 0 Å². The molecule has 0 aliphatic carbocycles. The van der Waals surface area contributed by atoms with Crippen LogP contribution in [0.2, 0.25) is 5.02 Å². The van der Waals surface area contributed by atoms with Gasteiger partial charge in [0.2, 0.25) is 0 Å². The van der Waals surface area contributed by atoms with E-state index in [-0.39, 0.29) is 5.91 Å². The van der Waals surface area contributed by atoms with Crippen molar-refractivity contribution in [2.75, 3.05) is 5.32 Å². The number of rotatable bonds is 1. The fourth-order valence-corrected chi connectivity index (χ4v) is 1.47. The lowest BCUT2D eigenvalue weighted by molar-refractivity contribution is -0.111. The molecule has 1 amide bonds. The Morgan fingerprint density at radius 3 is 2.33 bits per heavy atom. The van der Waals surface area contributed by atoms with E-state index in [1.54, 1.807) is 24.3 Å². The molecular formula is C15H10ClNO. The molecule has 0 aliphatic heterocycles. The molecule has 0 aromatic heterocycles. The minimum Gasteiger partial charge on any atom is -0.315 e. The van der Waals surface area contributed by atoms with Gasteiger partial charge in [-0.3, -0.25) is 4.79 Å². The van der Waals surface area contributed by atoms with Crippen LogP contribution >= 0.6 is 11.6 Å². The second kappa shape index (κ2) is 5.90. The zero-order valence-electron chi connectivity index (χ0n) is 9.48. The van der Waals surface area contributed by atoms with Gasteiger partial charge in [0, 0.05) is 22.2 Å². The van der Waals surface area contributed by atoms with Crippen LogP contribution in [0, 0.1) is 11.8 Å². The standard InChI is InChI=1S/C15H10ClNO/c16-13-9-6-12(7-10-13)8-11-15(18)17-14-4-2-1-3-5-14/h1-7,9-10H,(H,17,18). The lowest BCUT2D eigenvalue weighted by Gasteiger charge is -1.98. The fourth-order valence-electron chi connectivity index (χ4n) is 1.35. The van der Waals surface area contributed by atoms with Crippen LogP contribution in [0.3, 0.4) is 0 Å². The molecule has 0 saturated heterocycles. The van der Waals surface area contributed by atoms with E-state index in [1.165, 1.54) is 0 Å². The molecule has 0 bridgehead atoms. The van der Waals surface area contributed by atoms with Crippen molar-refractivity contribution in [2.24, 2.45) is 0 Å². The monoisotopic (exact) mass is 255 g/mol. The summed E-state index contributed by atoms with van der Waals surface area (Å²) in [6.07, 6.45) is 0. The van der Waals surface area contributed by atoms with Gasteiger partial charge in [0.1, 0.15) is 0 Å². The number of halogens is 1. The highest BCUT2D eigenvalue weighted by Crippen LogP contribution is 2.08. The third-order valence-corrected chi connectivity index (χ3v) is 2.45. The van der Waals surface area contributed by atoms with E-state index in [1.807, 2.05) is 30.3 Å². The quantitative estimate of drug-likeness (QED) is 0.778. The molecule has 0 heterocycles. The number of hydrogen-bond acceptors (Lipinski definition) is 1. The average Bonchev–Trinajstić information content (AvgIpc) is 2.39. The number of anilines is 1. The number of benzene rings is 2. The van der Waals surface area contributed by atoms with Crippen molar-refractivity contribution in [3.63, 3.8) is 0 Å². The molecule has 2 nitrogen and oxygen atoms in total. The summed E-state index contributed by atoms with van der Waals surface area (Å²) < 4.78 is 0. The van der Waals surface area contributed by atoms with Crippen molar-refractivity contribution >= 4 is 23.2 Å². The highest BCUT2D eigenvalue weighted by atomic mass is 35.5. The summed E-state index contributed by atoms with van der Waals surface area (Å²) in [5, 5.41) is 3.33. The highest BCUT2D eigenvalue weighted by Gasteiger charge is 1.96. The molecule has 1 N–H and O–H groups in total. The van der Waals surface area contributed by atoms with Crippen molar-refractivity contribution in [1.29, 1.82) is 0 Å². The minimum absolute atomic E-state index is 0.337. The molecule has 2 aromatic rings. The molecule has 0 fully saturated rings. The van der Waals surface area contributed by atoms with E-state index in [0.717, 1.165) is 11.3 Å². The van der Waals surface area contributed by atoms with E-state index >= 15 is 0 Å². The van der Waals surface area contributed by atoms with Crippen LogP contribution in [0.4, 0.5) is 5.69 Å². The Labute approximate surface area is 111 Å². The van der Waals surface area contributed by atoms with E-state index in [0.29, 0.717) is 5.02 Å². The summed E-state index contributed by atoms with van der Waals surface area (Å²) in [7, 11) is 0. The molecule has 0 atom stereocenters. The molecule has 88 valence electrons. The van der Waals surface area contributed by atoms with E-state index < -0.39 is 0 Å². The van der Waals surface area contributed by atoms with Crippen molar-refractivity contribution in [2.45, 2.75) is 0 Å². The van der Waals surface area contributed by atoms with Crippen LogP contribution < -0.4 is 5.32 Å². The summed E-state index contributed by atoms with van der Waals surface area (Å²) in [5.74, 6) is 4.96. The van der Waals surface area contributed by atoms with Crippen molar-refractivity contribution in [3.8, 4) is 11.8 Å². The molecule has 0 radical (unpaired) electrons. The van der Waals surface area contributed by atoms with Gasteiger partial charge in [0.15, 0.2) is 0 Å². The molecule has 0 spiro atoms. The lowest BCUT2D eigenvalue weighted by Crippen LogP contribution is -2.08. The van der Waals surface area contributed by atoms with Gasteiger partial charge in [-0.25, -0.2) is 0 Å². The average molecular weight is 256 g/mol. The fraction of sp³-hybridized carbons (Fsp3) is 0. The molecule has 0 saturated carbocycles. The topological polar surface area (TPSA) is 29.1 Å². The van der Waals surface area contributed by atoms with Gasteiger partial charge in [-0.2, -0.15) is 0 Å². The second-order valence-corrected chi connectivity index (χ2v) is 4.01. The van der Waals surface area contributed by atoms with Gasteiger partial charge in [-0.15, -0.1) is 0 Å². The van der Waals surface area contributed by atoms with Gasteiger partial charge in [-0.1, -0.05) is 35.7 Å². The number of nitrogens with one attached hydrogen (secondary N) is 1. The Morgan fingerprint density at radius 2 is 1.67 bits per heavy atom. The van der Waals surface area contributed by atoms with Crippen molar-refractivity contribution < 1.29 is 4.79 Å². The molecule has 18 heavy (non-hydrogen) atoms. The largest absolute Gasteiger partial charge is 0.315 e. The molecule has 0 unspecified atom stereocenters. The first-order valence-electron chi connectivity index (χ1n) is 5.38. The van der Waals surface area contributed by atoms with Crippen molar-refractivity contribution in [1.82, 2.24) is 0 Å². The molecule has 3 heteroatoms. The Kier molecular flexibility index (Phi) is 4.01. The maximum absolute atomic E-state index is 11.5. The zero-order valence-corrected chi connectivity index (χ0v) is 10.2.